The maximum absolute atomic E-state index is 12.2. The van der Waals surface area contributed by atoms with Crippen LogP contribution in [-0.2, 0) is 20.9 Å². The number of ether oxygens (including phenoxy) is 1. The van der Waals surface area contributed by atoms with Gasteiger partial charge in [-0.25, -0.2) is 4.79 Å². The van der Waals surface area contributed by atoms with Crippen LogP contribution in [0.25, 0.3) is 0 Å². The molecule has 1 saturated heterocycles. The van der Waals surface area contributed by atoms with Gasteiger partial charge in [-0.15, -0.1) is 0 Å². The van der Waals surface area contributed by atoms with E-state index in [2.05, 4.69) is 0 Å². The fraction of sp³-hybridized carbons (Fsp3) is 0.286. The Balaban J connectivity index is 1.67. The van der Waals surface area contributed by atoms with Crippen molar-refractivity contribution in [1.82, 2.24) is 4.90 Å². The molecule has 0 aromatic heterocycles. The number of nitrogens with zero attached hydrogens (tertiary/aromatic N) is 2. The molecular formula is C14H12N2O6S. The van der Waals surface area contributed by atoms with Crippen LogP contribution in [0.5, 0.6) is 0 Å². The molecule has 1 atom stereocenters. The summed E-state index contributed by atoms with van der Waals surface area (Å²) in [5.41, 5.74) is 0.638. The van der Waals surface area contributed by atoms with Crippen molar-refractivity contribution in [3.8, 4) is 0 Å². The number of carbonyl (C=O) groups excluding carboxylic acids is 2. The number of nitro benzene ring substituents is 1. The summed E-state index contributed by atoms with van der Waals surface area (Å²) in [6.07, 6.45) is 0.341. The lowest BCUT2D eigenvalue weighted by molar-refractivity contribution is -0.384. The van der Waals surface area contributed by atoms with Crippen molar-refractivity contribution in [2.24, 2.45) is 0 Å². The minimum atomic E-state index is -0.685. The van der Waals surface area contributed by atoms with Gasteiger partial charge in [0.1, 0.15) is 12.3 Å². The molecule has 1 N–H and O–H groups in total. The van der Waals surface area contributed by atoms with E-state index < -0.39 is 10.9 Å². The van der Waals surface area contributed by atoms with Crippen molar-refractivity contribution in [3.63, 3.8) is 0 Å². The number of aliphatic hydroxyl groups excluding tert-OH is 1. The van der Waals surface area contributed by atoms with Crippen LogP contribution >= 0.6 is 11.8 Å². The van der Waals surface area contributed by atoms with E-state index in [-0.39, 0.29) is 35.9 Å². The summed E-state index contributed by atoms with van der Waals surface area (Å²) >= 11 is 1.29. The van der Waals surface area contributed by atoms with Crippen LogP contribution in [0.15, 0.2) is 34.9 Å². The Kier molecular flexibility index (Phi) is 4.05. The predicted molar refractivity (Wildman–Crippen MR) is 79.8 cm³/mol. The zero-order valence-electron chi connectivity index (χ0n) is 11.8. The van der Waals surface area contributed by atoms with Gasteiger partial charge >= 0.3 is 5.97 Å². The standard InChI is InChI=1S/C14H12N2O6S/c17-6-10-13(15-11(18)5-12(15)23-10)14(19)22-7-8-1-3-9(4-2-8)16(20)21/h1-4,12,17H,5-7H2/t12-/m1/s1. The average molecular weight is 336 g/mol. The highest BCUT2D eigenvalue weighted by Crippen LogP contribution is 2.46. The molecule has 0 unspecified atom stereocenters. The molecule has 120 valence electrons. The van der Waals surface area contributed by atoms with Crippen LogP contribution in [0.1, 0.15) is 12.0 Å². The second kappa shape index (κ2) is 6.01. The third kappa shape index (κ3) is 2.80. The van der Waals surface area contributed by atoms with Gasteiger partial charge in [0, 0.05) is 17.0 Å². The Hall–Kier alpha value is -2.39. The summed E-state index contributed by atoms with van der Waals surface area (Å²) in [6, 6.07) is 5.63. The van der Waals surface area contributed by atoms with Crippen LogP contribution in [0.2, 0.25) is 0 Å². The quantitative estimate of drug-likeness (QED) is 0.371. The van der Waals surface area contributed by atoms with Crippen LogP contribution in [-0.4, -0.2) is 38.8 Å². The van der Waals surface area contributed by atoms with Crippen LogP contribution < -0.4 is 0 Å². The Morgan fingerprint density at radius 3 is 2.70 bits per heavy atom. The van der Waals surface area contributed by atoms with E-state index in [1.807, 2.05) is 0 Å². The van der Waals surface area contributed by atoms with Gasteiger partial charge in [-0.2, -0.15) is 0 Å². The number of aliphatic hydroxyl groups is 1. The Morgan fingerprint density at radius 2 is 2.13 bits per heavy atom. The molecule has 1 aromatic rings. The normalized spacial score (nSPS) is 19.4. The minimum Gasteiger partial charge on any atom is -0.456 e. The van der Waals surface area contributed by atoms with Gasteiger partial charge in [0.2, 0.25) is 5.91 Å². The monoisotopic (exact) mass is 336 g/mol. The van der Waals surface area contributed by atoms with Gasteiger partial charge in [0.15, 0.2) is 0 Å². The second-order valence-electron chi connectivity index (χ2n) is 4.97. The Bertz CT molecular complexity index is 714. The number of rotatable bonds is 5. The molecule has 1 fully saturated rings. The third-order valence-electron chi connectivity index (χ3n) is 3.54. The molecule has 9 heteroatoms. The van der Waals surface area contributed by atoms with E-state index in [9.17, 15) is 24.8 Å². The lowest BCUT2D eigenvalue weighted by atomic mass is 10.1. The van der Waals surface area contributed by atoms with E-state index >= 15 is 0 Å². The van der Waals surface area contributed by atoms with Crippen molar-refractivity contribution in [3.05, 3.63) is 50.5 Å². The molecule has 0 bridgehead atoms. The number of hydrogen-bond acceptors (Lipinski definition) is 7. The molecule has 1 amide bonds. The van der Waals surface area contributed by atoms with E-state index in [4.69, 9.17) is 4.74 Å². The molecule has 2 aliphatic rings. The first kappa shape index (κ1) is 15.5. The number of nitro groups is 1. The van der Waals surface area contributed by atoms with Gasteiger partial charge in [-0.1, -0.05) is 11.8 Å². The number of non-ortho nitro benzene ring substituents is 1. The largest absolute Gasteiger partial charge is 0.456 e. The topological polar surface area (TPSA) is 110 Å². The number of hydrogen-bond donors (Lipinski definition) is 1. The van der Waals surface area contributed by atoms with Gasteiger partial charge in [-0.05, 0) is 17.7 Å². The maximum Gasteiger partial charge on any atom is 0.356 e. The molecule has 2 heterocycles. The molecule has 23 heavy (non-hydrogen) atoms. The van der Waals surface area contributed by atoms with E-state index in [0.29, 0.717) is 16.9 Å². The summed E-state index contributed by atoms with van der Waals surface area (Å²) < 4.78 is 5.16. The summed E-state index contributed by atoms with van der Waals surface area (Å²) in [6.45, 7) is -0.399. The summed E-state index contributed by atoms with van der Waals surface area (Å²) in [4.78, 5) is 35.6. The lowest BCUT2D eigenvalue weighted by Gasteiger charge is -2.34. The zero-order chi connectivity index (χ0) is 16.6. The Morgan fingerprint density at radius 1 is 1.43 bits per heavy atom. The summed E-state index contributed by atoms with van der Waals surface area (Å²) in [5, 5.41) is 19.8. The molecule has 8 nitrogen and oxygen atoms in total. The van der Waals surface area contributed by atoms with Crippen LogP contribution in [0.4, 0.5) is 5.69 Å². The van der Waals surface area contributed by atoms with Gasteiger partial charge in [0.05, 0.1) is 23.3 Å². The van der Waals surface area contributed by atoms with Gasteiger partial charge in [0.25, 0.3) is 5.69 Å². The number of fused-ring (bicyclic) bond motifs is 1. The second-order valence-corrected chi connectivity index (χ2v) is 6.24. The van der Waals surface area contributed by atoms with Crippen LogP contribution in [0, 0.1) is 10.1 Å². The summed E-state index contributed by atoms with van der Waals surface area (Å²) in [5.74, 6) is -0.858. The van der Waals surface area contributed by atoms with E-state index in [0.717, 1.165) is 0 Å². The van der Waals surface area contributed by atoms with Crippen molar-refractivity contribution in [2.75, 3.05) is 6.61 Å². The van der Waals surface area contributed by atoms with Gasteiger partial charge < -0.3 is 9.84 Å². The number of amides is 1. The fourth-order valence-corrected chi connectivity index (χ4v) is 3.61. The first-order chi connectivity index (χ1) is 11.0. The molecular weight excluding hydrogens is 324 g/mol. The number of β-lactam (4-membered cyclic amide) rings is 1. The Labute approximate surface area is 134 Å². The average Bonchev–Trinajstić information content (AvgIpc) is 2.85. The first-order valence-corrected chi connectivity index (χ1v) is 7.62. The number of thioether (sulfide) groups is 1. The van der Waals surface area contributed by atoms with E-state index in [1.54, 1.807) is 0 Å². The van der Waals surface area contributed by atoms with Crippen molar-refractivity contribution >= 4 is 29.3 Å². The molecule has 3 rings (SSSR count). The van der Waals surface area contributed by atoms with Crippen molar-refractivity contribution in [2.45, 2.75) is 18.4 Å². The number of esters is 1. The zero-order valence-corrected chi connectivity index (χ0v) is 12.6. The number of carbonyl (C=O) groups is 2. The molecule has 0 aliphatic carbocycles. The van der Waals surface area contributed by atoms with Gasteiger partial charge in [-0.3, -0.25) is 19.8 Å². The fourth-order valence-electron chi connectivity index (χ4n) is 2.36. The van der Waals surface area contributed by atoms with Crippen molar-refractivity contribution < 1.29 is 24.4 Å². The molecule has 0 saturated carbocycles. The highest BCUT2D eigenvalue weighted by Gasteiger charge is 2.48. The van der Waals surface area contributed by atoms with Crippen LogP contribution in [0.3, 0.4) is 0 Å². The van der Waals surface area contributed by atoms with E-state index in [1.165, 1.54) is 40.9 Å². The SMILES string of the molecule is O=C(OCc1ccc([N+](=O)[O-])cc1)C1=C(CO)S[C@@H]2CC(=O)N12. The minimum absolute atomic E-state index is 0.0495. The molecule has 2 aliphatic heterocycles. The molecule has 0 spiro atoms. The third-order valence-corrected chi connectivity index (χ3v) is 4.80. The summed E-state index contributed by atoms with van der Waals surface area (Å²) in [7, 11) is 0. The predicted octanol–water partition coefficient (Wildman–Crippen LogP) is 1.15. The lowest BCUT2D eigenvalue weighted by Crippen LogP contribution is -2.48. The first-order valence-electron chi connectivity index (χ1n) is 6.74. The number of benzene rings is 1. The highest BCUT2D eigenvalue weighted by molar-refractivity contribution is 8.04. The molecule has 1 aromatic carbocycles. The molecule has 0 radical (unpaired) electrons. The highest BCUT2D eigenvalue weighted by atomic mass is 32.2. The maximum atomic E-state index is 12.2. The smallest absolute Gasteiger partial charge is 0.356 e. The van der Waals surface area contributed by atoms with Crippen molar-refractivity contribution in [1.29, 1.82) is 0 Å².